The molecule has 2 amide bonds. The lowest BCUT2D eigenvalue weighted by molar-refractivity contribution is -0.121. The lowest BCUT2D eigenvalue weighted by Gasteiger charge is -2.37. The van der Waals surface area contributed by atoms with Crippen LogP contribution < -0.4 is 10.1 Å². The molecule has 164 valence electrons. The molecule has 6 heteroatoms. The van der Waals surface area contributed by atoms with E-state index in [-0.39, 0.29) is 17.9 Å². The summed E-state index contributed by atoms with van der Waals surface area (Å²) in [5.41, 5.74) is 1.42. The summed E-state index contributed by atoms with van der Waals surface area (Å²) in [6, 6.07) is 25.9. The van der Waals surface area contributed by atoms with E-state index in [2.05, 4.69) is 10.2 Å². The highest BCUT2D eigenvalue weighted by Crippen LogP contribution is 2.23. The zero-order valence-electron chi connectivity index (χ0n) is 18.1. The molecule has 1 saturated heterocycles. The second-order valence-electron chi connectivity index (χ2n) is 7.80. The van der Waals surface area contributed by atoms with Gasteiger partial charge in [0.2, 0.25) is 5.91 Å². The number of anilines is 1. The number of para-hydroxylation sites is 1. The Morgan fingerprint density at radius 3 is 1.97 bits per heavy atom. The molecule has 3 aromatic rings. The van der Waals surface area contributed by atoms with Crippen LogP contribution in [0.2, 0.25) is 0 Å². The second kappa shape index (κ2) is 10.1. The maximum Gasteiger partial charge on any atom is 0.253 e. The summed E-state index contributed by atoms with van der Waals surface area (Å²) in [6.07, 6.45) is 0. The first kappa shape index (κ1) is 21.6. The molecule has 1 heterocycles. The maximum absolute atomic E-state index is 12.8. The average Bonchev–Trinajstić information content (AvgIpc) is 2.85. The normalized spacial score (nSPS) is 15.1. The molecule has 0 unspecified atom stereocenters. The summed E-state index contributed by atoms with van der Waals surface area (Å²) < 4.78 is 5.79. The molecule has 1 aliphatic heterocycles. The van der Waals surface area contributed by atoms with Crippen LogP contribution in [-0.4, -0.2) is 53.8 Å². The molecular formula is C26H27N3O3. The summed E-state index contributed by atoms with van der Waals surface area (Å²) in [5, 5.41) is 2.97. The Labute approximate surface area is 188 Å². The summed E-state index contributed by atoms with van der Waals surface area (Å²) in [7, 11) is 0. The van der Waals surface area contributed by atoms with Crippen LogP contribution in [0.1, 0.15) is 17.3 Å². The number of hydrogen-bond acceptors (Lipinski definition) is 4. The average molecular weight is 430 g/mol. The van der Waals surface area contributed by atoms with Crippen LogP contribution in [0.3, 0.4) is 0 Å². The van der Waals surface area contributed by atoms with Crippen molar-refractivity contribution in [1.82, 2.24) is 9.80 Å². The Hall–Kier alpha value is -3.64. The summed E-state index contributed by atoms with van der Waals surface area (Å²) in [5.74, 6) is 1.45. The third-order valence-electron chi connectivity index (χ3n) is 5.65. The van der Waals surface area contributed by atoms with Gasteiger partial charge in [0.05, 0.1) is 6.04 Å². The standard InChI is InChI=1S/C26H27N3O3/c1-20(28-16-18-29(19-17-28)26(31)21-8-4-2-5-9-21)25(30)27-22-12-14-24(15-13-22)32-23-10-6-3-7-11-23/h2-15,20H,16-19H2,1H3,(H,27,30)/t20-/m1/s1. The molecule has 3 aromatic carbocycles. The number of hydrogen-bond donors (Lipinski definition) is 1. The van der Waals surface area contributed by atoms with E-state index in [0.717, 1.165) is 11.4 Å². The first-order chi connectivity index (χ1) is 15.6. The van der Waals surface area contributed by atoms with E-state index in [1.165, 1.54) is 0 Å². The number of carbonyl (C=O) groups excluding carboxylic acids is 2. The van der Waals surface area contributed by atoms with Gasteiger partial charge in [0.1, 0.15) is 11.5 Å². The Balaban J connectivity index is 1.27. The summed E-state index contributed by atoms with van der Waals surface area (Å²) in [4.78, 5) is 29.3. The minimum atomic E-state index is -0.288. The van der Waals surface area contributed by atoms with Gasteiger partial charge in [-0.15, -0.1) is 0 Å². The number of amides is 2. The fraction of sp³-hybridized carbons (Fsp3) is 0.231. The van der Waals surface area contributed by atoms with E-state index in [4.69, 9.17) is 4.74 Å². The van der Waals surface area contributed by atoms with Crippen molar-refractivity contribution in [3.63, 3.8) is 0 Å². The van der Waals surface area contributed by atoms with Gasteiger partial charge in [0.25, 0.3) is 5.91 Å². The van der Waals surface area contributed by atoms with Crippen molar-refractivity contribution < 1.29 is 14.3 Å². The van der Waals surface area contributed by atoms with Gasteiger partial charge in [0, 0.05) is 37.4 Å². The van der Waals surface area contributed by atoms with Crippen LogP contribution in [0.15, 0.2) is 84.9 Å². The van der Waals surface area contributed by atoms with Crippen LogP contribution in [0, 0.1) is 0 Å². The zero-order chi connectivity index (χ0) is 22.3. The quantitative estimate of drug-likeness (QED) is 0.636. The molecule has 1 aliphatic rings. The molecular weight excluding hydrogens is 402 g/mol. The van der Waals surface area contributed by atoms with E-state index in [9.17, 15) is 9.59 Å². The lowest BCUT2D eigenvalue weighted by atomic mass is 10.1. The van der Waals surface area contributed by atoms with E-state index >= 15 is 0 Å². The van der Waals surface area contributed by atoms with Crippen molar-refractivity contribution >= 4 is 17.5 Å². The van der Waals surface area contributed by atoms with Gasteiger partial charge >= 0.3 is 0 Å². The van der Waals surface area contributed by atoms with Crippen molar-refractivity contribution in [1.29, 1.82) is 0 Å². The molecule has 0 spiro atoms. The van der Waals surface area contributed by atoms with Crippen molar-refractivity contribution in [2.45, 2.75) is 13.0 Å². The Bertz CT molecular complexity index is 1030. The van der Waals surface area contributed by atoms with Crippen molar-refractivity contribution in [2.75, 3.05) is 31.5 Å². The molecule has 0 radical (unpaired) electrons. The SMILES string of the molecule is C[C@H](C(=O)Nc1ccc(Oc2ccccc2)cc1)N1CCN(C(=O)c2ccccc2)CC1. The number of nitrogens with one attached hydrogen (secondary N) is 1. The fourth-order valence-electron chi connectivity index (χ4n) is 3.72. The minimum absolute atomic E-state index is 0.0418. The van der Waals surface area contributed by atoms with Crippen LogP contribution in [-0.2, 0) is 4.79 Å². The first-order valence-corrected chi connectivity index (χ1v) is 10.8. The second-order valence-corrected chi connectivity index (χ2v) is 7.80. The number of ether oxygens (including phenoxy) is 1. The number of piperazine rings is 1. The van der Waals surface area contributed by atoms with Gasteiger partial charge in [0.15, 0.2) is 0 Å². The highest BCUT2D eigenvalue weighted by Gasteiger charge is 2.27. The van der Waals surface area contributed by atoms with Gasteiger partial charge in [-0.05, 0) is 55.5 Å². The molecule has 6 nitrogen and oxygen atoms in total. The molecule has 1 atom stereocenters. The van der Waals surface area contributed by atoms with Gasteiger partial charge < -0.3 is 15.0 Å². The van der Waals surface area contributed by atoms with Crippen molar-refractivity contribution in [3.05, 3.63) is 90.5 Å². The molecule has 1 fully saturated rings. The molecule has 4 rings (SSSR count). The largest absolute Gasteiger partial charge is 0.457 e. The minimum Gasteiger partial charge on any atom is -0.457 e. The third-order valence-corrected chi connectivity index (χ3v) is 5.65. The fourth-order valence-corrected chi connectivity index (χ4v) is 3.72. The molecule has 0 saturated carbocycles. The summed E-state index contributed by atoms with van der Waals surface area (Å²) >= 11 is 0. The van der Waals surface area contributed by atoms with Gasteiger partial charge in [-0.2, -0.15) is 0 Å². The van der Waals surface area contributed by atoms with E-state index in [1.54, 1.807) is 0 Å². The number of rotatable bonds is 6. The number of nitrogens with zero attached hydrogens (tertiary/aromatic N) is 2. The zero-order valence-corrected chi connectivity index (χ0v) is 18.1. The van der Waals surface area contributed by atoms with Gasteiger partial charge in [-0.25, -0.2) is 0 Å². The van der Waals surface area contributed by atoms with Crippen LogP contribution in [0.4, 0.5) is 5.69 Å². The molecule has 32 heavy (non-hydrogen) atoms. The highest BCUT2D eigenvalue weighted by atomic mass is 16.5. The molecule has 0 aliphatic carbocycles. The molecule has 0 aromatic heterocycles. The monoisotopic (exact) mass is 429 g/mol. The first-order valence-electron chi connectivity index (χ1n) is 10.8. The van der Waals surface area contributed by atoms with Crippen molar-refractivity contribution in [2.24, 2.45) is 0 Å². The lowest BCUT2D eigenvalue weighted by Crippen LogP contribution is -2.54. The van der Waals surface area contributed by atoms with E-state index in [0.29, 0.717) is 37.5 Å². The van der Waals surface area contributed by atoms with Gasteiger partial charge in [-0.1, -0.05) is 36.4 Å². The smallest absolute Gasteiger partial charge is 0.253 e. The highest BCUT2D eigenvalue weighted by molar-refractivity contribution is 5.95. The Morgan fingerprint density at radius 1 is 0.781 bits per heavy atom. The van der Waals surface area contributed by atoms with Crippen LogP contribution in [0.25, 0.3) is 0 Å². The topological polar surface area (TPSA) is 61.9 Å². The third kappa shape index (κ3) is 5.34. The van der Waals surface area contributed by atoms with E-state index in [1.807, 2.05) is 96.8 Å². The van der Waals surface area contributed by atoms with Crippen LogP contribution >= 0.6 is 0 Å². The molecule has 0 bridgehead atoms. The van der Waals surface area contributed by atoms with Gasteiger partial charge in [-0.3, -0.25) is 14.5 Å². The van der Waals surface area contributed by atoms with E-state index < -0.39 is 0 Å². The summed E-state index contributed by atoms with van der Waals surface area (Å²) in [6.45, 7) is 4.44. The predicted molar refractivity (Wildman–Crippen MR) is 125 cm³/mol. The number of benzene rings is 3. The maximum atomic E-state index is 12.8. The Morgan fingerprint density at radius 2 is 1.34 bits per heavy atom. The van der Waals surface area contributed by atoms with Crippen LogP contribution in [0.5, 0.6) is 11.5 Å². The number of carbonyl (C=O) groups is 2. The predicted octanol–water partition coefficient (Wildman–Crippen LogP) is 4.26. The van der Waals surface area contributed by atoms with Crippen molar-refractivity contribution in [3.8, 4) is 11.5 Å². The Kier molecular flexibility index (Phi) is 6.82. The molecule has 1 N–H and O–H groups in total.